The fraction of sp³-hybridized carbons (Fsp3) is 0.154. The largest absolute Gasteiger partial charge is 0.507 e. The van der Waals surface area contributed by atoms with Crippen LogP contribution in [-0.2, 0) is 14.3 Å². The minimum absolute atomic E-state index is 0.167. The van der Waals surface area contributed by atoms with Crippen LogP contribution in [0.3, 0.4) is 0 Å². The van der Waals surface area contributed by atoms with Crippen LogP contribution in [0.15, 0.2) is 78.6 Å². The lowest BCUT2D eigenvalue weighted by Gasteiger charge is -2.25. The summed E-state index contributed by atoms with van der Waals surface area (Å²) >= 11 is 0. The topological polar surface area (TPSA) is 96.8 Å². The highest BCUT2D eigenvalue weighted by atomic mass is 19.1. The van der Waals surface area contributed by atoms with Gasteiger partial charge in [-0.25, -0.2) is 9.18 Å². The van der Waals surface area contributed by atoms with Crippen molar-refractivity contribution in [3.8, 4) is 0 Å². The number of aliphatic hydroxyl groups is 1. The molecular formula is C26H21FN2O5. The SMILES string of the molecule is CC(C)OC(=O)c1cccc(N2C(=O)C(=O)/C(=C(/O)c3ccc(F)cc3)C2c2cccnc2)c1. The van der Waals surface area contributed by atoms with Gasteiger partial charge in [0.2, 0.25) is 0 Å². The van der Waals surface area contributed by atoms with Crippen LogP contribution in [0.2, 0.25) is 0 Å². The van der Waals surface area contributed by atoms with Gasteiger partial charge in [0.1, 0.15) is 11.6 Å². The van der Waals surface area contributed by atoms with Crippen molar-refractivity contribution in [1.82, 2.24) is 4.98 Å². The fourth-order valence-electron chi connectivity index (χ4n) is 3.78. The van der Waals surface area contributed by atoms with Crippen LogP contribution in [0.1, 0.15) is 41.4 Å². The van der Waals surface area contributed by atoms with Gasteiger partial charge in [-0.1, -0.05) is 12.1 Å². The molecule has 172 valence electrons. The first-order valence-electron chi connectivity index (χ1n) is 10.6. The first kappa shape index (κ1) is 22.8. The molecule has 2 heterocycles. The van der Waals surface area contributed by atoms with E-state index in [0.717, 1.165) is 12.1 Å². The van der Waals surface area contributed by atoms with Crippen LogP contribution in [0.25, 0.3) is 5.76 Å². The van der Waals surface area contributed by atoms with E-state index in [4.69, 9.17) is 4.74 Å². The van der Waals surface area contributed by atoms with E-state index in [2.05, 4.69) is 4.98 Å². The van der Waals surface area contributed by atoms with Crippen molar-refractivity contribution in [3.63, 3.8) is 0 Å². The second-order valence-electron chi connectivity index (χ2n) is 7.97. The number of carbonyl (C=O) groups is 3. The summed E-state index contributed by atoms with van der Waals surface area (Å²) in [6.45, 7) is 3.44. The average Bonchev–Trinajstić information content (AvgIpc) is 3.10. The Labute approximate surface area is 195 Å². The summed E-state index contributed by atoms with van der Waals surface area (Å²) in [7, 11) is 0. The molecule has 1 aliphatic heterocycles. The molecule has 1 atom stereocenters. The molecule has 7 nitrogen and oxygen atoms in total. The number of ether oxygens (including phenoxy) is 1. The highest BCUT2D eigenvalue weighted by molar-refractivity contribution is 6.51. The number of anilines is 1. The number of hydrogen-bond donors (Lipinski definition) is 1. The number of esters is 1. The van der Waals surface area contributed by atoms with E-state index in [1.165, 1.54) is 35.5 Å². The van der Waals surface area contributed by atoms with Gasteiger partial charge >= 0.3 is 5.97 Å². The van der Waals surface area contributed by atoms with Crippen molar-refractivity contribution in [3.05, 3.63) is 101 Å². The molecule has 1 amide bonds. The van der Waals surface area contributed by atoms with Crippen LogP contribution in [0, 0.1) is 5.82 Å². The predicted molar refractivity (Wildman–Crippen MR) is 122 cm³/mol. The molecule has 1 unspecified atom stereocenters. The Balaban J connectivity index is 1.87. The normalized spacial score (nSPS) is 17.3. The number of Topliss-reactive ketones (excluding diaryl/α,β-unsaturated/α-hetero) is 1. The van der Waals surface area contributed by atoms with E-state index in [1.54, 1.807) is 44.2 Å². The molecule has 1 aliphatic rings. The number of hydrogen-bond acceptors (Lipinski definition) is 6. The van der Waals surface area contributed by atoms with Crippen LogP contribution < -0.4 is 4.90 Å². The Morgan fingerprint density at radius 2 is 1.79 bits per heavy atom. The number of benzene rings is 2. The van der Waals surface area contributed by atoms with Gasteiger partial charge in [-0.2, -0.15) is 0 Å². The van der Waals surface area contributed by atoms with Gasteiger partial charge in [0.05, 0.1) is 23.3 Å². The third-order valence-corrected chi connectivity index (χ3v) is 5.27. The number of halogens is 1. The van der Waals surface area contributed by atoms with Crippen molar-refractivity contribution >= 4 is 29.1 Å². The molecular weight excluding hydrogens is 439 g/mol. The van der Waals surface area contributed by atoms with Gasteiger partial charge in [0, 0.05) is 23.6 Å². The second kappa shape index (κ2) is 9.27. The Hall–Kier alpha value is -4.33. The molecule has 4 rings (SSSR count). The van der Waals surface area contributed by atoms with Crippen LogP contribution >= 0.6 is 0 Å². The van der Waals surface area contributed by atoms with Crippen LogP contribution in [0.4, 0.5) is 10.1 Å². The molecule has 8 heteroatoms. The lowest BCUT2D eigenvalue weighted by Crippen LogP contribution is -2.29. The highest BCUT2D eigenvalue weighted by Crippen LogP contribution is 2.42. The monoisotopic (exact) mass is 460 g/mol. The number of aromatic nitrogens is 1. The molecule has 1 aromatic heterocycles. The smallest absolute Gasteiger partial charge is 0.338 e. The first-order chi connectivity index (χ1) is 16.3. The Morgan fingerprint density at radius 3 is 2.44 bits per heavy atom. The van der Waals surface area contributed by atoms with Crippen molar-refractivity contribution in [1.29, 1.82) is 0 Å². The number of nitrogens with zero attached hydrogens (tertiary/aromatic N) is 2. The summed E-state index contributed by atoms with van der Waals surface area (Å²) < 4.78 is 18.6. The lowest BCUT2D eigenvalue weighted by atomic mass is 9.96. The quantitative estimate of drug-likeness (QED) is 0.262. The van der Waals surface area contributed by atoms with Crippen molar-refractivity contribution in [2.75, 3.05) is 4.90 Å². The van der Waals surface area contributed by atoms with Crippen molar-refractivity contribution < 1.29 is 28.6 Å². The van der Waals surface area contributed by atoms with E-state index < -0.39 is 35.3 Å². The number of pyridine rings is 1. The van der Waals surface area contributed by atoms with E-state index in [9.17, 15) is 23.9 Å². The molecule has 2 aromatic carbocycles. The van der Waals surface area contributed by atoms with Gasteiger partial charge in [-0.15, -0.1) is 0 Å². The summed E-state index contributed by atoms with van der Waals surface area (Å²) in [6.07, 6.45) is 2.69. The van der Waals surface area contributed by atoms with E-state index in [0.29, 0.717) is 5.56 Å². The van der Waals surface area contributed by atoms with E-state index in [-0.39, 0.29) is 28.5 Å². The highest BCUT2D eigenvalue weighted by Gasteiger charge is 2.47. The molecule has 0 bridgehead atoms. The molecule has 1 N–H and O–H groups in total. The molecule has 1 fully saturated rings. The molecule has 0 radical (unpaired) electrons. The van der Waals surface area contributed by atoms with Gasteiger partial charge in [0.25, 0.3) is 11.7 Å². The minimum Gasteiger partial charge on any atom is -0.507 e. The maximum atomic E-state index is 13.4. The Bertz CT molecular complexity index is 1290. The van der Waals surface area contributed by atoms with Crippen molar-refractivity contribution in [2.45, 2.75) is 26.0 Å². The molecule has 1 saturated heterocycles. The average molecular weight is 460 g/mol. The minimum atomic E-state index is -1.02. The number of ketones is 1. The van der Waals surface area contributed by atoms with Crippen LogP contribution in [-0.4, -0.2) is 33.9 Å². The molecule has 34 heavy (non-hydrogen) atoms. The summed E-state index contributed by atoms with van der Waals surface area (Å²) in [6, 6.07) is 13.4. The summed E-state index contributed by atoms with van der Waals surface area (Å²) in [5.41, 5.74) is 0.965. The van der Waals surface area contributed by atoms with Gasteiger partial charge < -0.3 is 9.84 Å². The molecule has 0 aliphatic carbocycles. The third-order valence-electron chi connectivity index (χ3n) is 5.27. The van der Waals surface area contributed by atoms with Gasteiger partial charge in [-0.3, -0.25) is 19.5 Å². The molecule has 0 spiro atoms. The standard InChI is InChI=1S/C26H21FN2O5/c1-15(2)34-26(33)17-5-3-7-20(13-17)29-22(18-6-4-12-28-14-18)21(24(31)25(29)32)23(30)16-8-10-19(27)11-9-16/h3-15,22,30H,1-2H3/b23-21+. The fourth-order valence-corrected chi connectivity index (χ4v) is 3.78. The molecule has 3 aromatic rings. The van der Waals surface area contributed by atoms with E-state index >= 15 is 0 Å². The zero-order valence-electron chi connectivity index (χ0n) is 18.4. The third kappa shape index (κ3) is 4.30. The zero-order chi connectivity index (χ0) is 24.4. The summed E-state index contributed by atoms with van der Waals surface area (Å²) in [5.74, 6) is -3.31. The van der Waals surface area contributed by atoms with Gasteiger partial charge in [-0.05, 0) is 67.9 Å². The predicted octanol–water partition coefficient (Wildman–Crippen LogP) is 4.41. The molecule has 0 saturated carbocycles. The maximum absolute atomic E-state index is 13.4. The number of aliphatic hydroxyl groups excluding tert-OH is 1. The summed E-state index contributed by atoms with van der Waals surface area (Å²) in [5, 5.41) is 11.0. The van der Waals surface area contributed by atoms with Crippen molar-refractivity contribution in [2.24, 2.45) is 0 Å². The first-order valence-corrected chi connectivity index (χ1v) is 10.6. The lowest BCUT2D eigenvalue weighted by molar-refractivity contribution is -0.132. The second-order valence-corrected chi connectivity index (χ2v) is 7.97. The maximum Gasteiger partial charge on any atom is 0.338 e. The van der Waals surface area contributed by atoms with Crippen LogP contribution in [0.5, 0.6) is 0 Å². The Kier molecular flexibility index (Phi) is 6.23. The number of amides is 1. The number of carbonyl (C=O) groups excluding carboxylic acids is 3. The van der Waals surface area contributed by atoms with E-state index in [1.807, 2.05) is 0 Å². The van der Waals surface area contributed by atoms with Gasteiger partial charge in [0.15, 0.2) is 0 Å². The summed E-state index contributed by atoms with van der Waals surface area (Å²) in [4.78, 5) is 44.0. The number of rotatable bonds is 5. The Morgan fingerprint density at radius 1 is 1.06 bits per heavy atom. The zero-order valence-corrected chi connectivity index (χ0v) is 18.4.